The molecule has 1 aromatic rings. The average molecular weight is 331 g/mol. The second-order valence-corrected chi connectivity index (χ2v) is 9.35. The number of thiophene rings is 1. The van der Waals surface area contributed by atoms with E-state index in [4.69, 9.17) is 0 Å². The lowest BCUT2D eigenvalue weighted by Gasteiger charge is -2.31. The zero-order valence-electron chi connectivity index (χ0n) is 13.1. The quantitative estimate of drug-likeness (QED) is 0.843. The van der Waals surface area contributed by atoms with Gasteiger partial charge >= 0.3 is 0 Å². The third-order valence-corrected chi connectivity index (χ3v) is 7.05. The largest absolute Gasteiger partial charge is 0.312 e. The highest BCUT2D eigenvalue weighted by Crippen LogP contribution is 2.30. The fourth-order valence-electron chi connectivity index (χ4n) is 3.17. The van der Waals surface area contributed by atoms with Crippen LogP contribution >= 0.6 is 11.3 Å². The van der Waals surface area contributed by atoms with Gasteiger partial charge in [-0.25, -0.2) is 13.1 Å². The van der Waals surface area contributed by atoms with E-state index in [9.17, 15) is 8.42 Å². The van der Waals surface area contributed by atoms with Crippen LogP contribution in [0.2, 0.25) is 0 Å². The second-order valence-electron chi connectivity index (χ2n) is 6.24. The summed E-state index contributed by atoms with van der Waals surface area (Å²) in [5.74, 6) is 1.18. The topological polar surface area (TPSA) is 58.2 Å². The van der Waals surface area contributed by atoms with Gasteiger partial charge < -0.3 is 5.32 Å². The van der Waals surface area contributed by atoms with Crippen LogP contribution < -0.4 is 10.0 Å². The Hall–Kier alpha value is -0.430. The van der Waals surface area contributed by atoms with Crippen molar-refractivity contribution in [2.45, 2.75) is 56.8 Å². The van der Waals surface area contributed by atoms with Crippen molar-refractivity contribution < 1.29 is 8.42 Å². The molecule has 2 N–H and O–H groups in total. The van der Waals surface area contributed by atoms with Gasteiger partial charge in [-0.15, -0.1) is 11.3 Å². The molecule has 1 heterocycles. The Kier molecular flexibility index (Phi) is 5.82. The molecule has 1 aliphatic rings. The molecule has 6 heteroatoms. The van der Waals surface area contributed by atoms with Crippen LogP contribution in [0.4, 0.5) is 0 Å². The normalized spacial score (nSPS) is 26.9. The highest BCUT2D eigenvalue weighted by molar-refractivity contribution is 7.91. The van der Waals surface area contributed by atoms with Gasteiger partial charge in [0, 0.05) is 17.5 Å². The molecule has 120 valence electrons. The van der Waals surface area contributed by atoms with E-state index in [2.05, 4.69) is 23.9 Å². The van der Waals surface area contributed by atoms with Crippen LogP contribution in [0, 0.1) is 11.8 Å². The van der Waals surface area contributed by atoms with Crippen molar-refractivity contribution in [1.82, 2.24) is 10.0 Å². The minimum absolute atomic E-state index is 0.0769. The van der Waals surface area contributed by atoms with E-state index in [-0.39, 0.29) is 6.04 Å². The summed E-state index contributed by atoms with van der Waals surface area (Å²) in [5.41, 5.74) is 0. The number of rotatable bonds is 6. The molecule has 1 aliphatic carbocycles. The van der Waals surface area contributed by atoms with Crippen LogP contribution in [-0.2, 0) is 16.6 Å². The Bertz CT molecular complexity index is 544. The molecule has 1 aromatic heterocycles. The summed E-state index contributed by atoms with van der Waals surface area (Å²) in [6.45, 7) is 8.07. The van der Waals surface area contributed by atoms with Crippen molar-refractivity contribution in [2.75, 3.05) is 6.54 Å². The maximum absolute atomic E-state index is 12.5. The third-order valence-electron chi connectivity index (χ3n) is 3.95. The van der Waals surface area contributed by atoms with Crippen LogP contribution in [0.5, 0.6) is 0 Å². The number of hydrogen-bond acceptors (Lipinski definition) is 4. The van der Waals surface area contributed by atoms with Crippen molar-refractivity contribution >= 4 is 21.4 Å². The minimum Gasteiger partial charge on any atom is -0.312 e. The lowest BCUT2D eigenvalue weighted by atomic mass is 9.81. The maximum Gasteiger partial charge on any atom is 0.250 e. The Morgan fingerprint density at radius 2 is 1.86 bits per heavy atom. The van der Waals surface area contributed by atoms with Crippen LogP contribution in [0.25, 0.3) is 0 Å². The number of sulfonamides is 1. The summed E-state index contributed by atoms with van der Waals surface area (Å²) in [4.78, 5) is 1.06. The average Bonchev–Trinajstić information content (AvgIpc) is 2.84. The molecule has 2 rings (SSSR count). The molecule has 0 radical (unpaired) electrons. The predicted octanol–water partition coefficient (Wildman–Crippen LogP) is 2.96. The lowest BCUT2D eigenvalue weighted by Crippen LogP contribution is -2.39. The fraction of sp³-hybridized carbons (Fsp3) is 0.733. The highest BCUT2D eigenvalue weighted by atomic mass is 32.2. The van der Waals surface area contributed by atoms with Gasteiger partial charge in [-0.05, 0) is 49.8 Å². The minimum atomic E-state index is -3.37. The SMILES string of the molecule is CCNCc1ccc(S(=O)(=O)NC2CC(C)CC(C)C2)s1. The predicted molar refractivity (Wildman–Crippen MR) is 88.0 cm³/mol. The van der Waals surface area contributed by atoms with Gasteiger partial charge in [0.25, 0.3) is 0 Å². The van der Waals surface area contributed by atoms with Crippen molar-refractivity contribution in [3.05, 3.63) is 17.0 Å². The van der Waals surface area contributed by atoms with Crippen molar-refractivity contribution in [3.8, 4) is 0 Å². The first-order valence-electron chi connectivity index (χ1n) is 7.72. The Morgan fingerprint density at radius 1 is 1.19 bits per heavy atom. The summed E-state index contributed by atoms with van der Waals surface area (Å²) in [6, 6.07) is 3.69. The van der Waals surface area contributed by atoms with E-state index in [1.807, 2.05) is 13.0 Å². The molecule has 0 amide bonds. The van der Waals surface area contributed by atoms with Crippen molar-refractivity contribution in [2.24, 2.45) is 11.8 Å². The fourth-order valence-corrected chi connectivity index (χ4v) is 5.77. The molecule has 4 nitrogen and oxygen atoms in total. The number of hydrogen-bond donors (Lipinski definition) is 2. The first-order chi connectivity index (χ1) is 9.90. The molecule has 0 aliphatic heterocycles. The van der Waals surface area contributed by atoms with E-state index in [1.54, 1.807) is 6.07 Å². The molecule has 21 heavy (non-hydrogen) atoms. The Balaban J connectivity index is 2.02. The van der Waals surface area contributed by atoms with Crippen LogP contribution in [0.15, 0.2) is 16.3 Å². The van der Waals surface area contributed by atoms with E-state index < -0.39 is 10.0 Å². The van der Waals surface area contributed by atoms with Crippen LogP contribution in [-0.4, -0.2) is 21.0 Å². The molecular formula is C15H26N2O2S2. The smallest absolute Gasteiger partial charge is 0.250 e. The standard InChI is InChI=1S/C15H26N2O2S2/c1-4-16-10-14-5-6-15(20-14)21(18,19)17-13-8-11(2)7-12(3)9-13/h5-6,11-13,16-17H,4,7-10H2,1-3H3. The molecule has 1 saturated carbocycles. The summed E-state index contributed by atoms with van der Waals surface area (Å²) in [6.07, 6.45) is 3.09. The lowest BCUT2D eigenvalue weighted by molar-refractivity contribution is 0.258. The van der Waals surface area contributed by atoms with E-state index in [1.165, 1.54) is 17.8 Å². The first kappa shape index (κ1) is 16.9. The number of nitrogens with one attached hydrogen (secondary N) is 2. The maximum atomic E-state index is 12.5. The molecule has 0 bridgehead atoms. The van der Waals surface area contributed by atoms with E-state index in [0.29, 0.717) is 16.0 Å². The van der Waals surface area contributed by atoms with Gasteiger partial charge in [0.1, 0.15) is 4.21 Å². The van der Waals surface area contributed by atoms with E-state index >= 15 is 0 Å². The van der Waals surface area contributed by atoms with Gasteiger partial charge in [-0.2, -0.15) is 0 Å². The van der Waals surface area contributed by atoms with E-state index in [0.717, 1.165) is 30.8 Å². The summed E-state index contributed by atoms with van der Waals surface area (Å²) >= 11 is 1.36. The molecule has 0 spiro atoms. The highest BCUT2D eigenvalue weighted by Gasteiger charge is 2.28. The molecule has 0 aromatic carbocycles. The zero-order valence-corrected chi connectivity index (χ0v) is 14.7. The third kappa shape index (κ3) is 4.77. The zero-order chi connectivity index (χ0) is 15.5. The van der Waals surface area contributed by atoms with Gasteiger partial charge in [0.15, 0.2) is 0 Å². The molecule has 1 fully saturated rings. The molecule has 0 saturated heterocycles. The van der Waals surface area contributed by atoms with Gasteiger partial charge in [-0.3, -0.25) is 0 Å². The summed E-state index contributed by atoms with van der Waals surface area (Å²) in [5, 5.41) is 3.22. The second kappa shape index (κ2) is 7.22. The summed E-state index contributed by atoms with van der Waals surface area (Å²) < 4.78 is 28.3. The van der Waals surface area contributed by atoms with Crippen LogP contribution in [0.1, 0.15) is 44.9 Å². The van der Waals surface area contributed by atoms with Gasteiger partial charge in [0.05, 0.1) is 0 Å². The van der Waals surface area contributed by atoms with Gasteiger partial charge in [0.2, 0.25) is 10.0 Å². The summed E-state index contributed by atoms with van der Waals surface area (Å²) in [7, 11) is -3.37. The van der Waals surface area contributed by atoms with Crippen molar-refractivity contribution in [1.29, 1.82) is 0 Å². The molecule has 2 unspecified atom stereocenters. The van der Waals surface area contributed by atoms with Crippen molar-refractivity contribution in [3.63, 3.8) is 0 Å². The molecular weight excluding hydrogens is 304 g/mol. The monoisotopic (exact) mass is 330 g/mol. The first-order valence-corrected chi connectivity index (χ1v) is 10.0. The van der Waals surface area contributed by atoms with Gasteiger partial charge in [-0.1, -0.05) is 20.8 Å². The molecule has 2 atom stereocenters. The Morgan fingerprint density at radius 3 is 2.48 bits per heavy atom. The Labute approximate surface area is 132 Å². The van der Waals surface area contributed by atoms with Crippen LogP contribution in [0.3, 0.4) is 0 Å².